The molecule has 0 atom stereocenters. The van der Waals surface area contributed by atoms with Crippen LogP contribution < -0.4 is 0 Å². The molecule has 0 N–H and O–H groups in total. The molecule has 1 aromatic heterocycles. The highest BCUT2D eigenvalue weighted by Gasteiger charge is 2.11. The minimum atomic E-state index is -0.319. The van der Waals surface area contributed by atoms with Crippen LogP contribution in [-0.4, -0.2) is 5.16 Å². The summed E-state index contributed by atoms with van der Waals surface area (Å²) in [4.78, 5) is 0. The minimum Gasteiger partial charge on any atom is -0.355 e. The fourth-order valence-electron chi connectivity index (χ4n) is 1.05. The van der Waals surface area contributed by atoms with E-state index in [1.54, 1.807) is 18.2 Å². The standard InChI is InChI=1S/C9H5BrFNO/c10-7-5-12-13-9(7)6-3-1-2-4-8(6)11/h1-5H. The van der Waals surface area contributed by atoms with Gasteiger partial charge in [-0.3, -0.25) is 0 Å². The second-order valence-electron chi connectivity index (χ2n) is 2.48. The van der Waals surface area contributed by atoms with Gasteiger partial charge in [0.15, 0.2) is 5.76 Å². The topological polar surface area (TPSA) is 26.0 Å². The maximum Gasteiger partial charge on any atom is 0.183 e. The van der Waals surface area contributed by atoms with Crippen LogP contribution in [0.1, 0.15) is 0 Å². The van der Waals surface area contributed by atoms with Gasteiger partial charge in [0.1, 0.15) is 5.82 Å². The molecule has 2 aromatic rings. The fourth-order valence-corrected chi connectivity index (χ4v) is 1.42. The third-order valence-corrected chi connectivity index (χ3v) is 2.21. The van der Waals surface area contributed by atoms with E-state index in [0.717, 1.165) is 0 Å². The highest BCUT2D eigenvalue weighted by molar-refractivity contribution is 9.10. The Morgan fingerprint density at radius 3 is 2.69 bits per heavy atom. The SMILES string of the molecule is Fc1ccccc1-c1oncc1Br. The van der Waals surface area contributed by atoms with Crippen molar-refractivity contribution in [2.75, 3.05) is 0 Å². The van der Waals surface area contributed by atoms with Gasteiger partial charge in [-0.25, -0.2) is 4.39 Å². The average Bonchev–Trinajstić information content (AvgIpc) is 2.52. The second-order valence-corrected chi connectivity index (χ2v) is 3.34. The maximum atomic E-state index is 13.2. The third kappa shape index (κ3) is 1.49. The van der Waals surface area contributed by atoms with Gasteiger partial charge < -0.3 is 4.52 Å². The van der Waals surface area contributed by atoms with Crippen molar-refractivity contribution in [2.24, 2.45) is 0 Å². The smallest absolute Gasteiger partial charge is 0.183 e. The average molecular weight is 242 g/mol. The van der Waals surface area contributed by atoms with Crippen LogP contribution in [-0.2, 0) is 0 Å². The molecule has 0 spiro atoms. The molecule has 1 aromatic carbocycles. The quantitative estimate of drug-likeness (QED) is 0.767. The zero-order valence-electron chi connectivity index (χ0n) is 6.50. The molecule has 0 bridgehead atoms. The highest BCUT2D eigenvalue weighted by atomic mass is 79.9. The molecule has 0 saturated heterocycles. The van der Waals surface area contributed by atoms with E-state index in [1.165, 1.54) is 12.3 Å². The number of hydrogen-bond acceptors (Lipinski definition) is 2. The largest absolute Gasteiger partial charge is 0.355 e. The lowest BCUT2D eigenvalue weighted by molar-refractivity contribution is 0.429. The van der Waals surface area contributed by atoms with Crippen LogP contribution in [0.2, 0.25) is 0 Å². The van der Waals surface area contributed by atoms with Crippen molar-refractivity contribution in [3.63, 3.8) is 0 Å². The first-order valence-electron chi connectivity index (χ1n) is 3.64. The molecule has 66 valence electrons. The summed E-state index contributed by atoms with van der Waals surface area (Å²) in [6.07, 6.45) is 1.49. The Hall–Kier alpha value is -1.16. The van der Waals surface area contributed by atoms with Crippen LogP contribution in [0, 0.1) is 5.82 Å². The molecule has 4 heteroatoms. The van der Waals surface area contributed by atoms with Crippen LogP contribution in [0.15, 0.2) is 39.5 Å². The number of halogens is 2. The van der Waals surface area contributed by atoms with Gasteiger partial charge in [0.25, 0.3) is 0 Å². The van der Waals surface area contributed by atoms with Gasteiger partial charge >= 0.3 is 0 Å². The van der Waals surface area contributed by atoms with Crippen LogP contribution in [0.25, 0.3) is 11.3 Å². The normalized spacial score (nSPS) is 10.3. The second kappa shape index (κ2) is 3.30. The van der Waals surface area contributed by atoms with Crippen molar-refractivity contribution >= 4 is 15.9 Å². The van der Waals surface area contributed by atoms with Gasteiger partial charge in [-0.05, 0) is 28.1 Å². The van der Waals surface area contributed by atoms with E-state index in [9.17, 15) is 4.39 Å². The third-order valence-electron chi connectivity index (χ3n) is 1.65. The van der Waals surface area contributed by atoms with Crippen molar-refractivity contribution < 1.29 is 8.91 Å². The maximum absolute atomic E-state index is 13.2. The molecule has 0 unspecified atom stereocenters. The number of hydrogen-bond donors (Lipinski definition) is 0. The molecule has 1 heterocycles. The van der Waals surface area contributed by atoms with Gasteiger partial charge in [0, 0.05) is 0 Å². The predicted molar refractivity (Wildman–Crippen MR) is 49.6 cm³/mol. The van der Waals surface area contributed by atoms with Crippen molar-refractivity contribution in [1.82, 2.24) is 5.16 Å². The Labute approximate surface area is 82.5 Å². The first kappa shape index (κ1) is 8.44. The molecule has 2 rings (SSSR count). The lowest BCUT2D eigenvalue weighted by atomic mass is 10.2. The number of benzene rings is 1. The molecule has 0 aliphatic carbocycles. The van der Waals surface area contributed by atoms with Gasteiger partial charge in [0.05, 0.1) is 16.2 Å². The van der Waals surface area contributed by atoms with Gasteiger partial charge in [-0.15, -0.1) is 0 Å². The summed E-state index contributed by atoms with van der Waals surface area (Å²) >= 11 is 3.21. The van der Waals surface area contributed by atoms with Crippen LogP contribution >= 0.6 is 15.9 Å². The Balaban J connectivity index is 2.59. The molecule has 2 nitrogen and oxygen atoms in total. The zero-order chi connectivity index (χ0) is 9.26. The summed E-state index contributed by atoms with van der Waals surface area (Å²) in [6.45, 7) is 0. The van der Waals surface area contributed by atoms with Crippen LogP contribution in [0.5, 0.6) is 0 Å². The lowest BCUT2D eigenvalue weighted by Gasteiger charge is -1.97. The Morgan fingerprint density at radius 1 is 1.31 bits per heavy atom. The molecule has 0 aliphatic heterocycles. The molecule has 0 radical (unpaired) electrons. The van der Waals surface area contributed by atoms with E-state index in [-0.39, 0.29) is 5.82 Å². The van der Waals surface area contributed by atoms with E-state index >= 15 is 0 Å². The van der Waals surface area contributed by atoms with E-state index < -0.39 is 0 Å². The summed E-state index contributed by atoms with van der Waals surface area (Å²) < 4.78 is 18.8. The first-order chi connectivity index (χ1) is 6.29. The summed E-state index contributed by atoms with van der Waals surface area (Å²) in [5, 5.41) is 3.55. The van der Waals surface area contributed by atoms with E-state index in [4.69, 9.17) is 4.52 Å². The Kier molecular flexibility index (Phi) is 2.14. The van der Waals surface area contributed by atoms with Crippen LogP contribution in [0.3, 0.4) is 0 Å². The molecular formula is C9H5BrFNO. The molecule has 13 heavy (non-hydrogen) atoms. The number of rotatable bonds is 1. The van der Waals surface area contributed by atoms with E-state index in [2.05, 4.69) is 21.1 Å². The molecule has 0 aliphatic rings. The predicted octanol–water partition coefficient (Wildman–Crippen LogP) is 3.24. The summed E-state index contributed by atoms with van der Waals surface area (Å²) in [5.74, 6) is 0.0954. The van der Waals surface area contributed by atoms with Crippen molar-refractivity contribution in [3.05, 3.63) is 40.8 Å². The summed E-state index contributed by atoms with van der Waals surface area (Å²) in [7, 11) is 0. The zero-order valence-corrected chi connectivity index (χ0v) is 8.08. The van der Waals surface area contributed by atoms with Crippen molar-refractivity contribution in [3.8, 4) is 11.3 Å². The van der Waals surface area contributed by atoms with Gasteiger partial charge in [-0.2, -0.15) is 0 Å². The molecule has 0 saturated carbocycles. The minimum absolute atomic E-state index is 0.319. The van der Waals surface area contributed by atoms with Crippen LogP contribution in [0.4, 0.5) is 4.39 Å². The summed E-state index contributed by atoms with van der Waals surface area (Å²) in [5.41, 5.74) is 0.409. The molecule has 0 fully saturated rings. The number of nitrogens with zero attached hydrogens (tertiary/aromatic N) is 1. The fraction of sp³-hybridized carbons (Fsp3) is 0. The van der Waals surface area contributed by atoms with Crippen molar-refractivity contribution in [1.29, 1.82) is 0 Å². The molecule has 0 amide bonds. The highest BCUT2D eigenvalue weighted by Crippen LogP contribution is 2.29. The summed E-state index contributed by atoms with van der Waals surface area (Å²) in [6, 6.07) is 6.39. The monoisotopic (exact) mass is 241 g/mol. The van der Waals surface area contributed by atoms with Gasteiger partial charge in [-0.1, -0.05) is 17.3 Å². The lowest BCUT2D eigenvalue weighted by Crippen LogP contribution is -1.81. The Bertz CT molecular complexity index is 427. The van der Waals surface area contributed by atoms with E-state index in [1.807, 2.05) is 0 Å². The van der Waals surface area contributed by atoms with Gasteiger partial charge in [0.2, 0.25) is 0 Å². The van der Waals surface area contributed by atoms with E-state index in [0.29, 0.717) is 15.8 Å². The molecular weight excluding hydrogens is 237 g/mol. The number of aromatic nitrogens is 1. The first-order valence-corrected chi connectivity index (χ1v) is 4.43. The Morgan fingerprint density at radius 2 is 2.08 bits per heavy atom. The van der Waals surface area contributed by atoms with Crippen molar-refractivity contribution in [2.45, 2.75) is 0 Å².